The molecule has 0 radical (unpaired) electrons. The molecule has 20 heavy (non-hydrogen) atoms. The molecule has 0 unspecified atom stereocenters. The first kappa shape index (κ1) is 14.5. The van der Waals surface area contributed by atoms with E-state index in [0.29, 0.717) is 13.1 Å². The van der Waals surface area contributed by atoms with Gasteiger partial charge in [0.15, 0.2) is 0 Å². The number of halogens is 1. The third-order valence-electron chi connectivity index (χ3n) is 3.36. The van der Waals surface area contributed by atoms with Gasteiger partial charge < -0.3 is 14.5 Å². The lowest BCUT2D eigenvalue weighted by Crippen LogP contribution is -2.48. The summed E-state index contributed by atoms with van der Waals surface area (Å²) in [4.78, 5) is 3.91. The molecule has 1 fully saturated rings. The molecule has 0 saturated carbocycles. The molecule has 5 nitrogen and oxygen atoms in total. The Morgan fingerprint density at radius 3 is 2.45 bits per heavy atom. The van der Waals surface area contributed by atoms with Crippen molar-refractivity contribution >= 4 is 11.9 Å². The Labute approximate surface area is 118 Å². The fourth-order valence-electron chi connectivity index (χ4n) is 2.03. The minimum atomic E-state index is -0.499. The Morgan fingerprint density at radius 1 is 1.20 bits per heavy atom. The normalized spacial score (nSPS) is 16.1. The fraction of sp³-hybridized carbons (Fsp3) is 0.429. The average molecular weight is 278 g/mol. The lowest BCUT2D eigenvalue weighted by molar-refractivity contribution is 0.193. The molecule has 1 aliphatic rings. The minimum absolute atomic E-state index is 0.0782. The van der Waals surface area contributed by atoms with Gasteiger partial charge in [-0.3, -0.25) is 10.8 Å². The van der Waals surface area contributed by atoms with Gasteiger partial charge in [0.05, 0.1) is 5.56 Å². The van der Waals surface area contributed by atoms with E-state index in [0.717, 1.165) is 18.7 Å². The first-order valence-electron chi connectivity index (χ1n) is 6.52. The van der Waals surface area contributed by atoms with Gasteiger partial charge in [-0.25, -0.2) is 4.39 Å². The van der Waals surface area contributed by atoms with E-state index in [4.69, 9.17) is 15.6 Å². The Balaban J connectivity index is 1.99. The van der Waals surface area contributed by atoms with Crippen LogP contribution < -0.4 is 0 Å². The van der Waals surface area contributed by atoms with Crippen molar-refractivity contribution in [3.8, 4) is 0 Å². The van der Waals surface area contributed by atoms with Crippen LogP contribution in [0.15, 0.2) is 18.2 Å². The highest BCUT2D eigenvalue weighted by Gasteiger charge is 2.20. The van der Waals surface area contributed by atoms with E-state index in [9.17, 15) is 4.39 Å². The number of ether oxygens (including phenoxy) is 1. The molecule has 0 aromatic heterocycles. The predicted octanol–water partition coefficient (Wildman–Crippen LogP) is 1.66. The van der Waals surface area contributed by atoms with Crippen LogP contribution in [0.2, 0.25) is 0 Å². The Hall–Kier alpha value is -1.95. The summed E-state index contributed by atoms with van der Waals surface area (Å²) in [6, 6.07) is 4.48. The number of nitrogens with one attached hydrogen (secondary N) is 2. The van der Waals surface area contributed by atoms with Gasteiger partial charge in [0.1, 0.15) is 5.82 Å². The Morgan fingerprint density at radius 2 is 1.85 bits per heavy atom. The van der Waals surface area contributed by atoms with E-state index >= 15 is 0 Å². The number of hydrogen-bond donors (Lipinski definition) is 2. The summed E-state index contributed by atoms with van der Waals surface area (Å²) in [5.41, 5.74) is 0.864. The van der Waals surface area contributed by atoms with E-state index in [-0.39, 0.29) is 17.5 Å². The third-order valence-corrected chi connectivity index (χ3v) is 3.36. The standard InChI is InChI=1S/C14H19FN4O/c1-10-3-4-11(12(15)9-10)13(16)20-14(17)19-7-5-18(2)6-8-19/h3-4,9,16-17H,5-8H2,1-2H3. The van der Waals surface area contributed by atoms with Gasteiger partial charge in [0.25, 0.3) is 6.02 Å². The summed E-state index contributed by atoms with van der Waals surface area (Å²) in [5.74, 6) is -0.826. The van der Waals surface area contributed by atoms with Crippen LogP contribution in [-0.4, -0.2) is 54.9 Å². The number of benzene rings is 1. The van der Waals surface area contributed by atoms with E-state index in [1.807, 2.05) is 7.05 Å². The van der Waals surface area contributed by atoms with Crippen molar-refractivity contribution in [2.45, 2.75) is 6.92 Å². The van der Waals surface area contributed by atoms with Crippen LogP contribution in [0.25, 0.3) is 0 Å². The molecule has 0 spiro atoms. The van der Waals surface area contributed by atoms with Crippen molar-refractivity contribution < 1.29 is 9.13 Å². The van der Waals surface area contributed by atoms with Gasteiger partial charge in [0, 0.05) is 26.2 Å². The van der Waals surface area contributed by atoms with Crippen LogP contribution in [-0.2, 0) is 4.74 Å². The maximum Gasteiger partial charge on any atom is 0.291 e. The summed E-state index contributed by atoms with van der Waals surface area (Å²) in [5, 5.41) is 15.7. The Bertz CT molecular complexity index is 524. The molecule has 108 valence electrons. The minimum Gasteiger partial charge on any atom is -0.407 e. The number of rotatable bonds is 1. The lowest BCUT2D eigenvalue weighted by atomic mass is 10.1. The highest BCUT2D eigenvalue weighted by Crippen LogP contribution is 2.12. The van der Waals surface area contributed by atoms with Gasteiger partial charge in [-0.15, -0.1) is 0 Å². The van der Waals surface area contributed by atoms with Crippen molar-refractivity contribution in [1.82, 2.24) is 9.80 Å². The number of aryl methyl sites for hydroxylation is 1. The van der Waals surface area contributed by atoms with Crippen LogP contribution in [0.4, 0.5) is 4.39 Å². The van der Waals surface area contributed by atoms with E-state index < -0.39 is 5.82 Å². The SMILES string of the molecule is Cc1ccc(C(=N)OC(=N)N2CCN(C)CC2)c(F)c1. The molecule has 0 bridgehead atoms. The van der Waals surface area contributed by atoms with Gasteiger partial charge >= 0.3 is 0 Å². The summed E-state index contributed by atoms with van der Waals surface area (Å²) < 4.78 is 18.9. The van der Waals surface area contributed by atoms with Gasteiger partial charge in [-0.2, -0.15) is 0 Å². The largest absolute Gasteiger partial charge is 0.407 e. The molecule has 6 heteroatoms. The van der Waals surface area contributed by atoms with E-state index in [2.05, 4.69) is 4.90 Å². The molecule has 2 rings (SSSR count). The molecule has 1 aromatic carbocycles. The van der Waals surface area contributed by atoms with Crippen molar-refractivity contribution in [3.05, 3.63) is 35.1 Å². The molecule has 2 N–H and O–H groups in total. The van der Waals surface area contributed by atoms with Crippen molar-refractivity contribution in [2.24, 2.45) is 0 Å². The van der Waals surface area contributed by atoms with Crippen LogP contribution in [0, 0.1) is 23.6 Å². The quantitative estimate of drug-likeness (QED) is 0.606. The van der Waals surface area contributed by atoms with Crippen LogP contribution in [0.5, 0.6) is 0 Å². The van der Waals surface area contributed by atoms with E-state index in [1.165, 1.54) is 12.1 Å². The first-order chi connectivity index (χ1) is 9.47. The second kappa shape index (κ2) is 6.00. The third kappa shape index (κ3) is 3.33. The maximum atomic E-state index is 13.7. The van der Waals surface area contributed by atoms with Crippen LogP contribution in [0.3, 0.4) is 0 Å². The maximum absolute atomic E-state index is 13.7. The van der Waals surface area contributed by atoms with Gasteiger partial charge in [-0.1, -0.05) is 6.07 Å². The number of nitrogens with zero attached hydrogens (tertiary/aromatic N) is 2. The zero-order valence-corrected chi connectivity index (χ0v) is 11.7. The van der Waals surface area contributed by atoms with Crippen LogP contribution >= 0.6 is 0 Å². The lowest BCUT2D eigenvalue weighted by Gasteiger charge is -2.33. The molecule has 1 aromatic rings. The van der Waals surface area contributed by atoms with Crippen LogP contribution in [0.1, 0.15) is 11.1 Å². The summed E-state index contributed by atoms with van der Waals surface area (Å²) in [6.45, 7) is 4.83. The second-order valence-corrected chi connectivity index (χ2v) is 5.01. The topological polar surface area (TPSA) is 63.4 Å². The summed E-state index contributed by atoms with van der Waals surface area (Å²) in [6.07, 6.45) is 0. The van der Waals surface area contributed by atoms with Crippen molar-refractivity contribution in [3.63, 3.8) is 0 Å². The summed E-state index contributed by atoms with van der Waals surface area (Å²) >= 11 is 0. The summed E-state index contributed by atoms with van der Waals surface area (Å²) in [7, 11) is 2.02. The number of amidine groups is 1. The molecular weight excluding hydrogens is 259 g/mol. The number of likely N-dealkylation sites (N-methyl/N-ethyl adjacent to an activating group) is 1. The van der Waals surface area contributed by atoms with Crippen molar-refractivity contribution in [2.75, 3.05) is 33.2 Å². The van der Waals surface area contributed by atoms with Gasteiger partial charge in [-0.05, 0) is 31.7 Å². The van der Waals surface area contributed by atoms with E-state index in [1.54, 1.807) is 17.9 Å². The molecule has 0 amide bonds. The molecule has 1 saturated heterocycles. The zero-order chi connectivity index (χ0) is 14.7. The van der Waals surface area contributed by atoms with Crippen molar-refractivity contribution in [1.29, 1.82) is 10.8 Å². The van der Waals surface area contributed by atoms with Gasteiger partial charge in [0.2, 0.25) is 5.90 Å². The highest BCUT2D eigenvalue weighted by atomic mass is 19.1. The monoisotopic (exact) mass is 278 g/mol. The number of hydrogen-bond acceptors (Lipinski definition) is 4. The fourth-order valence-corrected chi connectivity index (χ4v) is 2.03. The average Bonchev–Trinajstić information content (AvgIpc) is 2.39. The molecule has 0 aliphatic carbocycles. The highest BCUT2D eigenvalue weighted by molar-refractivity contribution is 5.98. The predicted molar refractivity (Wildman–Crippen MR) is 75.8 cm³/mol. The molecular formula is C14H19FN4O. The molecule has 0 atom stereocenters. The zero-order valence-electron chi connectivity index (χ0n) is 11.7. The number of piperazine rings is 1. The molecule has 1 aliphatic heterocycles. The smallest absolute Gasteiger partial charge is 0.291 e. The second-order valence-electron chi connectivity index (χ2n) is 5.01. The first-order valence-corrected chi connectivity index (χ1v) is 6.52. The Kier molecular flexibility index (Phi) is 4.34. The molecule has 1 heterocycles.